The molecule has 152 valence electrons. The highest BCUT2D eigenvalue weighted by Crippen LogP contribution is 2.42. The fraction of sp³-hybridized carbons (Fsp3) is 0.200. The van der Waals surface area contributed by atoms with E-state index in [1.54, 1.807) is 11.8 Å². The lowest BCUT2D eigenvalue weighted by Crippen LogP contribution is -2.28. The van der Waals surface area contributed by atoms with Gasteiger partial charge in [0.05, 0.1) is 5.75 Å². The summed E-state index contributed by atoms with van der Waals surface area (Å²) in [5, 5.41) is 2.89. The van der Waals surface area contributed by atoms with Gasteiger partial charge in [0.1, 0.15) is 5.37 Å². The molecule has 30 heavy (non-hydrogen) atoms. The van der Waals surface area contributed by atoms with E-state index in [4.69, 9.17) is 0 Å². The minimum absolute atomic E-state index is 0.0696. The number of anilines is 2. The number of benzene rings is 3. The van der Waals surface area contributed by atoms with Gasteiger partial charge in [0, 0.05) is 16.9 Å². The van der Waals surface area contributed by atoms with E-state index < -0.39 is 0 Å². The molecule has 0 aromatic heterocycles. The predicted molar refractivity (Wildman–Crippen MR) is 124 cm³/mol. The van der Waals surface area contributed by atoms with Gasteiger partial charge in [0.25, 0.3) is 5.91 Å². The summed E-state index contributed by atoms with van der Waals surface area (Å²) in [5.74, 6) is 0.457. The van der Waals surface area contributed by atoms with Crippen molar-refractivity contribution >= 4 is 35.0 Å². The van der Waals surface area contributed by atoms with E-state index in [1.165, 1.54) is 0 Å². The molecule has 4 nitrogen and oxygen atoms in total. The first-order valence-corrected chi connectivity index (χ1v) is 11.0. The highest BCUT2D eigenvalue weighted by atomic mass is 32.2. The Balaban J connectivity index is 1.55. The van der Waals surface area contributed by atoms with Crippen molar-refractivity contribution in [2.24, 2.45) is 0 Å². The Morgan fingerprint density at radius 1 is 0.967 bits per heavy atom. The van der Waals surface area contributed by atoms with E-state index >= 15 is 0 Å². The van der Waals surface area contributed by atoms with Gasteiger partial charge < -0.3 is 5.32 Å². The van der Waals surface area contributed by atoms with Gasteiger partial charge >= 0.3 is 0 Å². The Labute approximate surface area is 181 Å². The molecule has 0 spiro atoms. The number of amides is 2. The number of nitrogens with zero attached hydrogens (tertiary/aromatic N) is 1. The molecule has 1 unspecified atom stereocenters. The van der Waals surface area contributed by atoms with Crippen molar-refractivity contribution in [1.29, 1.82) is 0 Å². The second-order valence-corrected chi connectivity index (χ2v) is 8.73. The van der Waals surface area contributed by atoms with E-state index in [0.717, 1.165) is 33.6 Å². The van der Waals surface area contributed by atoms with Gasteiger partial charge in [-0.15, -0.1) is 11.8 Å². The molecule has 0 saturated carbocycles. The minimum Gasteiger partial charge on any atom is -0.322 e. The summed E-state index contributed by atoms with van der Waals surface area (Å²) in [7, 11) is 0. The quantitative estimate of drug-likeness (QED) is 0.598. The maximum atomic E-state index is 12.6. The predicted octanol–water partition coefficient (Wildman–Crippen LogP) is 5.64. The lowest BCUT2D eigenvalue weighted by molar-refractivity contribution is -0.115. The standard InChI is InChI=1S/C25H24N2O2S/c1-16-12-17(2)14-21(13-16)27-23(28)15-30-25(27)19-8-10-20(11-9-19)26-24(29)22-7-5-4-6-18(22)3/h4-14,25H,15H2,1-3H3,(H,26,29). The largest absolute Gasteiger partial charge is 0.322 e. The van der Waals surface area contributed by atoms with Crippen molar-refractivity contribution in [3.8, 4) is 0 Å². The molecule has 0 radical (unpaired) electrons. The summed E-state index contributed by atoms with van der Waals surface area (Å²) in [6.07, 6.45) is 0. The molecule has 3 aromatic rings. The molecule has 1 heterocycles. The molecule has 1 aliphatic heterocycles. The highest BCUT2D eigenvalue weighted by Gasteiger charge is 2.34. The Morgan fingerprint density at radius 2 is 1.63 bits per heavy atom. The molecular weight excluding hydrogens is 392 g/mol. The smallest absolute Gasteiger partial charge is 0.255 e. The van der Waals surface area contributed by atoms with Gasteiger partial charge in [-0.1, -0.05) is 36.4 Å². The monoisotopic (exact) mass is 416 g/mol. The van der Waals surface area contributed by atoms with Crippen LogP contribution in [0.1, 0.15) is 38.0 Å². The molecule has 1 atom stereocenters. The third-order valence-electron chi connectivity index (χ3n) is 5.20. The summed E-state index contributed by atoms with van der Waals surface area (Å²) in [5.41, 5.74) is 6.60. The average molecular weight is 417 g/mol. The van der Waals surface area contributed by atoms with Crippen LogP contribution in [0.4, 0.5) is 11.4 Å². The number of aryl methyl sites for hydroxylation is 3. The van der Waals surface area contributed by atoms with Gasteiger partial charge in [-0.3, -0.25) is 14.5 Å². The first-order chi connectivity index (χ1) is 14.4. The van der Waals surface area contributed by atoms with E-state index in [0.29, 0.717) is 11.3 Å². The Morgan fingerprint density at radius 3 is 2.30 bits per heavy atom. The zero-order valence-electron chi connectivity index (χ0n) is 17.3. The molecule has 2 amide bonds. The average Bonchev–Trinajstić information content (AvgIpc) is 3.09. The van der Waals surface area contributed by atoms with Gasteiger partial charge in [-0.25, -0.2) is 0 Å². The van der Waals surface area contributed by atoms with Crippen LogP contribution in [-0.2, 0) is 4.79 Å². The zero-order chi connectivity index (χ0) is 21.3. The third-order valence-corrected chi connectivity index (χ3v) is 6.41. The van der Waals surface area contributed by atoms with Crippen LogP contribution in [0.3, 0.4) is 0 Å². The first kappa shape index (κ1) is 20.2. The molecule has 5 heteroatoms. The van der Waals surface area contributed by atoms with E-state index in [9.17, 15) is 9.59 Å². The van der Waals surface area contributed by atoms with Gasteiger partial charge in [0.2, 0.25) is 5.91 Å². The van der Waals surface area contributed by atoms with E-state index in [2.05, 4.69) is 23.5 Å². The van der Waals surface area contributed by atoms with Crippen LogP contribution in [0.25, 0.3) is 0 Å². The lowest BCUT2D eigenvalue weighted by Gasteiger charge is -2.25. The lowest BCUT2D eigenvalue weighted by atomic mass is 10.1. The number of carbonyl (C=O) groups is 2. The summed E-state index contributed by atoms with van der Waals surface area (Å²) >= 11 is 1.63. The number of hydrogen-bond acceptors (Lipinski definition) is 3. The second kappa shape index (κ2) is 8.36. The Hall–Kier alpha value is -3.05. The van der Waals surface area contributed by atoms with Crippen molar-refractivity contribution in [1.82, 2.24) is 0 Å². The number of rotatable bonds is 4. The van der Waals surface area contributed by atoms with Gasteiger partial charge in [-0.2, -0.15) is 0 Å². The zero-order valence-corrected chi connectivity index (χ0v) is 18.1. The topological polar surface area (TPSA) is 49.4 Å². The maximum Gasteiger partial charge on any atom is 0.255 e. The fourth-order valence-corrected chi connectivity index (χ4v) is 4.97. The van der Waals surface area contributed by atoms with Crippen molar-refractivity contribution in [3.05, 3.63) is 94.5 Å². The van der Waals surface area contributed by atoms with Crippen molar-refractivity contribution < 1.29 is 9.59 Å². The minimum atomic E-state index is -0.122. The molecule has 4 rings (SSSR count). The van der Waals surface area contributed by atoms with Crippen LogP contribution in [0.2, 0.25) is 0 Å². The van der Waals surface area contributed by atoms with Crippen LogP contribution < -0.4 is 10.2 Å². The highest BCUT2D eigenvalue weighted by molar-refractivity contribution is 8.00. The molecule has 3 aromatic carbocycles. The van der Waals surface area contributed by atoms with Crippen molar-refractivity contribution in [3.63, 3.8) is 0 Å². The van der Waals surface area contributed by atoms with Crippen LogP contribution in [0, 0.1) is 20.8 Å². The summed E-state index contributed by atoms with van der Waals surface area (Å²) in [6.45, 7) is 6.02. The summed E-state index contributed by atoms with van der Waals surface area (Å²) in [6, 6.07) is 21.5. The Kier molecular flexibility index (Phi) is 5.64. The van der Waals surface area contributed by atoms with E-state index in [1.807, 2.05) is 74.2 Å². The fourth-order valence-electron chi connectivity index (χ4n) is 3.80. The first-order valence-electron chi connectivity index (χ1n) is 9.91. The number of nitrogens with one attached hydrogen (secondary N) is 1. The third kappa shape index (κ3) is 4.12. The molecule has 0 bridgehead atoms. The summed E-state index contributed by atoms with van der Waals surface area (Å²) < 4.78 is 0. The maximum absolute atomic E-state index is 12.6. The van der Waals surface area contributed by atoms with E-state index in [-0.39, 0.29) is 17.2 Å². The van der Waals surface area contributed by atoms with Crippen molar-refractivity contribution in [2.75, 3.05) is 16.0 Å². The van der Waals surface area contributed by atoms with Crippen molar-refractivity contribution in [2.45, 2.75) is 26.1 Å². The molecule has 1 aliphatic rings. The molecule has 1 fully saturated rings. The SMILES string of the molecule is Cc1cc(C)cc(N2C(=O)CSC2c2ccc(NC(=O)c3ccccc3C)cc2)c1. The number of hydrogen-bond donors (Lipinski definition) is 1. The summed E-state index contributed by atoms with van der Waals surface area (Å²) in [4.78, 5) is 27.1. The molecular formula is C25H24N2O2S. The second-order valence-electron chi connectivity index (χ2n) is 7.66. The normalized spacial score (nSPS) is 16.0. The molecule has 1 N–H and O–H groups in total. The van der Waals surface area contributed by atoms with Gasteiger partial charge in [0.15, 0.2) is 0 Å². The van der Waals surface area contributed by atoms with Crippen LogP contribution in [0.15, 0.2) is 66.7 Å². The van der Waals surface area contributed by atoms with Crippen LogP contribution >= 0.6 is 11.8 Å². The Bertz CT molecular complexity index is 1090. The number of carbonyl (C=O) groups excluding carboxylic acids is 2. The van der Waals surface area contributed by atoms with Crippen LogP contribution in [-0.4, -0.2) is 17.6 Å². The molecule has 0 aliphatic carbocycles. The van der Waals surface area contributed by atoms with Gasteiger partial charge in [-0.05, 0) is 73.4 Å². The molecule has 1 saturated heterocycles. The number of thioether (sulfide) groups is 1. The van der Waals surface area contributed by atoms with Crippen LogP contribution in [0.5, 0.6) is 0 Å².